The zero-order chi connectivity index (χ0) is 16.8. The van der Waals surface area contributed by atoms with Crippen LogP contribution >= 0.6 is 11.3 Å². The van der Waals surface area contributed by atoms with Gasteiger partial charge in [-0.15, -0.1) is 11.3 Å². The first-order valence-electron chi connectivity index (χ1n) is 6.75. The van der Waals surface area contributed by atoms with Gasteiger partial charge in [0.1, 0.15) is 0 Å². The van der Waals surface area contributed by atoms with Crippen molar-refractivity contribution in [2.75, 3.05) is 24.9 Å². The Hall–Kier alpha value is -2.61. The average molecular weight is 335 g/mol. The maximum atomic E-state index is 12.1. The van der Waals surface area contributed by atoms with Gasteiger partial charge in [-0.3, -0.25) is 9.59 Å². The fourth-order valence-corrected chi connectivity index (χ4v) is 2.64. The molecular weight excluding hydrogens is 318 g/mol. The number of hydrogen-bond donors (Lipinski definition) is 2. The Morgan fingerprint density at radius 3 is 2.57 bits per heavy atom. The summed E-state index contributed by atoms with van der Waals surface area (Å²) in [6.07, 6.45) is 0.116. The summed E-state index contributed by atoms with van der Waals surface area (Å²) in [6, 6.07) is 5.12. The van der Waals surface area contributed by atoms with Crippen molar-refractivity contribution in [1.29, 1.82) is 0 Å². The molecule has 2 amide bonds. The quantitative estimate of drug-likeness (QED) is 0.845. The van der Waals surface area contributed by atoms with Crippen molar-refractivity contribution in [3.05, 3.63) is 29.3 Å². The molecule has 0 radical (unpaired) electrons. The van der Waals surface area contributed by atoms with Gasteiger partial charge in [-0.1, -0.05) is 0 Å². The van der Waals surface area contributed by atoms with Crippen molar-refractivity contribution >= 4 is 34.0 Å². The molecule has 2 N–H and O–H groups in total. The van der Waals surface area contributed by atoms with E-state index in [4.69, 9.17) is 9.47 Å². The SMILES string of the molecule is COc1ccc(NC(=O)Cc2csc(NC(C)=O)n2)cc1OC. The summed E-state index contributed by atoms with van der Waals surface area (Å²) < 4.78 is 10.3. The molecular formula is C15H17N3O4S. The van der Waals surface area contributed by atoms with Crippen molar-refractivity contribution < 1.29 is 19.1 Å². The van der Waals surface area contributed by atoms with E-state index in [1.165, 1.54) is 25.4 Å². The van der Waals surface area contributed by atoms with Crippen LogP contribution in [-0.4, -0.2) is 31.0 Å². The van der Waals surface area contributed by atoms with Crippen LogP contribution in [-0.2, 0) is 16.0 Å². The van der Waals surface area contributed by atoms with E-state index in [1.807, 2.05) is 0 Å². The third kappa shape index (κ3) is 4.68. The Morgan fingerprint density at radius 1 is 1.17 bits per heavy atom. The minimum atomic E-state index is -0.211. The standard InChI is InChI=1S/C15H17N3O4S/c1-9(19)16-15-18-11(8-23-15)7-14(20)17-10-4-5-12(21-2)13(6-10)22-3/h4-6,8H,7H2,1-3H3,(H,17,20)(H,16,18,19). The maximum Gasteiger partial charge on any atom is 0.230 e. The van der Waals surface area contributed by atoms with Crippen molar-refractivity contribution in [2.24, 2.45) is 0 Å². The third-order valence-corrected chi connectivity index (χ3v) is 3.65. The summed E-state index contributed by atoms with van der Waals surface area (Å²) in [5, 5.41) is 7.57. The van der Waals surface area contributed by atoms with Crippen LogP contribution in [0.3, 0.4) is 0 Å². The summed E-state index contributed by atoms with van der Waals surface area (Å²) in [7, 11) is 3.08. The van der Waals surface area contributed by atoms with Gasteiger partial charge in [0.05, 0.1) is 26.3 Å². The number of hydrogen-bond acceptors (Lipinski definition) is 6. The molecule has 0 aliphatic heterocycles. The van der Waals surface area contributed by atoms with Crippen molar-refractivity contribution in [1.82, 2.24) is 4.98 Å². The van der Waals surface area contributed by atoms with Crippen molar-refractivity contribution in [2.45, 2.75) is 13.3 Å². The van der Waals surface area contributed by atoms with Crippen LogP contribution in [0.1, 0.15) is 12.6 Å². The summed E-state index contributed by atoms with van der Waals surface area (Å²) >= 11 is 1.28. The van der Waals surface area contributed by atoms with Crippen LogP contribution in [0.15, 0.2) is 23.6 Å². The van der Waals surface area contributed by atoms with Crippen molar-refractivity contribution in [3.63, 3.8) is 0 Å². The molecule has 0 unspecified atom stereocenters. The monoisotopic (exact) mass is 335 g/mol. The summed E-state index contributed by atoms with van der Waals surface area (Å²) in [5.41, 5.74) is 1.20. The lowest BCUT2D eigenvalue weighted by Crippen LogP contribution is -2.15. The molecule has 0 aliphatic rings. The predicted octanol–water partition coefficient (Wildman–Crippen LogP) is 2.30. The third-order valence-electron chi connectivity index (χ3n) is 2.84. The molecule has 1 aromatic heterocycles. The highest BCUT2D eigenvalue weighted by molar-refractivity contribution is 7.13. The van der Waals surface area contributed by atoms with Gasteiger partial charge >= 0.3 is 0 Å². The van der Waals surface area contributed by atoms with Crippen LogP contribution < -0.4 is 20.1 Å². The highest BCUT2D eigenvalue weighted by atomic mass is 32.1. The number of nitrogens with zero attached hydrogens (tertiary/aromatic N) is 1. The molecule has 7 nitrogen and oxygen atoms in total. The molecule has 0 bridgehead atoms. The van der Waals surface area contributed by atoms with Gasteiger partial charge in [0.2, 0.25) is 11.8 Å². The van der Waals surface area contributed by atoms with E-state index >= 15 is 0 Å². The molecule has 0 atom stereocenters. The number of ether oxygens (including phenoxy) is 2. The van der Waals surface area contributed by atoms with E-state index in [-0.39, 0.29) is 18.2 Å². The molecule has 2 aromatic rings. The van der Waals surface area contributed by atoms with Gasteiger partial charge in [0.25, 0.3) is 0 Å². The van der Waals surface area contributed by atoms with Gasteiger partial charge in [-0.05, 0) is 12.1 Å². The number of methoxy groups -OCH3 is 2. The summed E-state index contributed by atoms with van der Waals surface area (Å²) in [6.45, 7) is 1.41. The lowest BCUT2D eigenvalue weighted by atomic mass is 10.2. The second kappa shape index (κ2) is 7.59. The van der Waals surface area contributed by atoms with Crippen LogP contribution in [0.25, 0.3) is 0 Å². The largest absolute Gasteiger partial charge is 0.493 e. The van der Waals surface area contributed by atoms with E-state index in [9.17, 15) is 9.59 Å². The molecule has 1 heterocycles. The van der Waals surface area contributed by atoms with E-state index in [2.05, 4.69) is 15.6 Å². The first-order chi connectivity index (χ1) is 11.0. The topological polar surface area (TPSA) is 89.6 Å². The number of aromatic nitrogens is 1. The molecule has 2 rings (SSSR count). The molecule has 1 aromatic carbocycles. The number of carbonyl (C=O) groups excluding carboxylic acids is 2. The van der Waals surface area contributed by atoms with Crippen LogP contribution in [0, 0.1) is 0 Å². The van der Waals surface area contributed by atoms with Crippen LogP contribution in [0.4, 0.5) is 10.8 Å². The first kappa shape index (κ1) is 16.8. The van der Waals surface area contributed by atoms with Crippen LogP contribution in [0.2, 0.25) is 0 Å². The van der Waals surface area contributed by atoms with Crippen LogP contribution in [0.5, 0.6) is 11.5 Å². The summed E-state index contributed by atoms with van der Waals surface area (Å²) in [4.78, 5) is 27.2. The smallest absolute Gasteiger partial charge is 0.230 e. The van der Waals surface area contributed by atoms with Gasteiger partial charge in [0.15, 0.2) is 16.6 Å². The molecule has 8 heteroatoms. The molecule has 122 valence electrons. The van der Waals surface area contributed by atoms with E-state index in [0.717, 1.165) is 0 Å². The fraction of sp³-hybridized carbons (Fsp3) is 0.267. The fourth-order valence-electron chi connectivity index (χ4n) is 1.88. The number of carbonyl (C=O) groups is 2. The van der Waals surface area contributed by atoms with Crippen molar-refractivity contribution in [3.8, 4) is 11.5 Å². The number of benzene rings is 1. The maximum absolute atomic E-state index is 12.1. The highest BCUT2D eigenvalue weighted by Gasteiger charge is 2.10. The Bertz CT molecular complexity index is 714. The Balaban J connectivity index is 1.99. The number of rotatable bonds is 6. The Kier molecular flexibility index (Phi) is 5.53. The second-order valence-corrected chi connectivity index (χ2v) is 5.48. The second-order valence-electron chi connectivity index (χ2n) is 4.62. The molecule has 0 fully saturated rings. The van der Waals surface area contributed by atoms with E-state index in [0.29, 0.717) is 28.0 Å². The van der Waals surface area contributed by atoms with E-state index < -0.39 is 0 Å². The zero-order valence-electron chi connectivity index (χ0n) is 13.0. The molecule has 0 aliphatic carbocycles. The van der Waals surface area contributed by atoms with Gasteiger partial charge in [-0.2, -0.15) is 0 Å². The average Bonchev–Trinajstić information content (AvgIpc) is 2.93. The minimum Gasteiger partial charge on any atom is -0.493 e. The number of anilines is 2. The zero-order valence-corrected chi connectivity index (χ0v) is 13.8. The Labute approximate surface area is 137 Å². The van der Waals surface area contributed by atoms with Gasteiger partial charge < -0.3 is 20.1 Å². The number of nitrogens with one attached hydrogen (secondary N) is 2. The molecule has 23 heavy (non-hydrogen) atoms. The first-order valence-corrected chi connectivity index (χ1v) is 7.63. The molecule has 0 saturated heterocycles. The van der Waals surface area contributed by atoms with Gasteiger partial charge in [-0.25, -0.2) is 4.98 Å². The lowest BCUT2D eigenvalue weighted by Gasteiger charge is -2.10. The minimum absolute atomic E-state index is 0.116. The number of thiazole rings is 1. The highest BCUT2D eigenvalue weighted by Crippen LogP contribution is 2.29. The lowest BCUT2D eigenvalue weighted by molar-refractivity contribution is -0.116. The summed E-state index contributed by atoms with van der Waals surface area (Å²) in [5.74, 6) is 0.717. The predicted molar refractivity (Wildman–Crippen MR) is 88.3 cm³/mol. The van der Waals surface area contributed by atoms with Gasteiger partial charge in [0, 0.05) is 24.1 Å². The molecule has 0 saturated carbocycles. The Morgan fingerprint density at radius 2 is 1.91 bits per heavy atom. The normalized spacial score (nSPS) is 10.0. The van der Waals surface area contributed by atoms with E-state index in [1.54, 1.807) is 30.7 Å². The molecule has 0 spiro atoms. The number of amides is 2.